The van der Waals surface area contributed by atoms with E-state index in [-0.39, 0.29) is 16.3 Å². The van der Waals surface area contributed by atoms with Crippen molar-refractivity contribution in [2.45, 2.75) is 18.8 Å². The van der Waals surface area contributed by atoms with E-state index >= 15 is 0 Å². The highest BCUT2D eigenvalue weighted by atomic mass is 19.1. The van der Waals surface area contributed by atoms with Crippen LogP contribution in [0.3, 0.4) is 0 Å². The Morgan fingerprint density at radius 1 is 1.19 bits per heavy atom. The molecular weight excluding hydrogens is 212 g/mol. The summed E-state index contributed by atoms with van der Waals surface area (Å²) in [5.41, 5.74) is 0.535. The highest BCUT2D eigenvalue weighted by Crippen LogP contribution is 2.38. The second-order valence-corrected chi connectivity index (χ2v) is 4.17. The molecule has 1 aliphatic carbocycles. The summed E-state index contributed by atoms with van der Waals surface area (Å²) in [7, 11) is 0. The third-order valence-electron chi connectivity index (χ3n) is 2.89. The quantitative estimate of drug-likeness (QED) is 0.789. The first-order valence-electron chi connectivity index (χ1n) is 5.17. The molecule has 0 radical (unpaired) electrons. The van der Waals surface area contributed by atoms with Gasteiger partial charge in [0.15, 0.2) is 5.43 Å². The van der Waals surface area contributed by atoms with Crippen LogP contribution in [0.2, 0.25) is 0 Å². The van der Waals surface area contributed by atoms with Crippen LogP contribution < -0.4 is 5.43 Å². The third-order valence-corrected chi connectivity index (χ3v) is 2.89. The number of nitrogens with one attached hydrogen (secondary N) is 1. The molecule has 1 aromatic heterocycles. The molecule has 0 aliphatic heterocycles. The number of halogens is 2. The lowest BCUT2D eigenvalue weighted by Gasteiger charge is -2.03. The molecule has 16 heavy (non-hydrogen) atoms. The van der Waals surface area contributed by atoms with Crippen LogP contribution in [0.4, 0.5) is 8.78 Å². The summed E-state index contributed by atoms with van der Waals surface area (Å²) in [4.78, 5) is 14.6. The monoisotopic (exact) mass is 221 g/mol. The molecule has 1 heterocycles. The molecule has 0 saturated heterocycles. The van der Waals surface area contributed by atoms with E-state index in [1.807, 2.05) is 0 Å². The Labute approximate surface area is 89.9 Å². The Kier molecular flexibility index (Phi) is 1.87. The van der Waals surface area contributed by atoms with Gasteiger partial charge in [0, 0.05) is 17.8 Å². The maximum Gasteiger partial charge on any atom is 0.189 e. The molecule has 1 saturated carbocycles. The molecule has 0 spiro atoms. The van der Waals surface area contributed by atoms with Crippen molar-refractivity contribution in [1.29, 1.82) is 0 Å². The Hall–Kier alpha value is -1.71. The van der Waals surface area contributed by atoms with Crippen LogP contribution in [0.25, 0.3) is 10.9 Å². The molecule has 0 unspecified atom stereocenters. The van der Waals surface area contributed by atoms with E-state index < -0.39 is 11.6 Å². The highest BCUT2D eigenvalue weighted by molar-refractivity contribution is 5.79. The molecule has 0 amide bonds. The van der Waals surface area contributed by atoms with Crippen LogP contribution in [0.15, 0.2) is 23.0 Å². The maximum absolute atomic E-state index is 13.5. The van der Waals surface area contributed by atoms with Gasteiger partial charge in [0.25, 0.3) is 0 Å². The van der Waals surface area contributed by atoms with Gasteiger partial charge in [0.1, 0.15) is 11.6 Å². The van der Waals surface area contributed by atoms with Crippen molar-refractivity contribution in [3.63, 3.8) is 0 Å². The van der Waals surface area contributed by atoms with E-state index in [0.29, 0.717) is 5.92 Å². The van der Waals surface area contributed by atoms with Gasteiger partial charge in [-0.2, -0.15) is 0 Å². The SMILES string of the molecule is O=c1cc(C2CC2)[nH]c2c(F)cc(F)cc12. The number of hydrogen-bond donors (Lipinski definition) is 1. The molecule has 1 fully saturated rings. The first-order valence-corrected chi connectivity index (χ1v) is 5.17. The Bertz CT molecular complexity index is 629. The lowest BCUT2D eigenvalue weighted by molar-refractivity contribution is 0.590. The van der Waals surface area contributed by atoms with E-state index in [1.165, 1.54) is 6.07 Å². The van der Waals surface area contributed by atoms with Crippen LogP contribution in [-0.4, -0.2) is 4.98 Å². The molecule has 1 N–H and O–H groups in total. The van der Waals surface area contributed by atoms with Gasteiger partial charge in [-0.1, -0.05) is 0 Å². The zero-order valence-corrected chi connectivity index (χ0v) is 8.39. The third kappa shape index (κ3) is 1.41. The van der Waals surface area contributed by atoms with Gasteiger partial charge in [0.05, 0.1) is 10.9 Å². The van der Waals surface area contributed by atoms with Crippen LogP contribution in [0.1, 0.15) is 24.5 Å². The summed E-state index contributed by atoms with van der Waals surface area (Å²) in [6, 6.07) is 3.29. The molecule has 2 nitrogen and oxygen atoms in total. The lowest BCUT2D eigenvalue weighted by atomic mass is 10.1. The van der Waals surface area contributed by atoms with E-state index in [2.05, 4.69) is 4.98 Å². The minimum atomic E-state index is -0.727. The lowest BCUT2D eigenvalue weighted by Crippen LogP contribution is -2.06. The van der Waals surface area contributed by atoms with E-state index in [9.17, 15) is 13.6 Å². The molecule has 1 aromatic carbocycles. The molecule has 0 atom stereocenters. The van der Waals surface area contributed by atoms with Gasteiger partial charge in [-0.25, -0.2) is 8.78 Å². The number of fused-ring (bicyclic) bond motifs is 1. The number of hydrogen-bond acceptors (Lipinski definition) is 1. The van der Waals surface area contributed by atoms with Crippen molar-refractivity contribution >= 4 is 10.9 Å². The molecule has 2 aromatic rings. The van der Waals surface area contributed by atoms with Crippen molar-refractivity contribution < 1.29 is 8.78 Å². The first kappa shape index (κ1) is 9.51. The largest absolute Gasteiger partial charge is 0.356 e. The predicted octanol–water partition coefficient (Wildman–Crippen LogP) is 2.68. The number of rotatable bonds is 1. The Morgan fingerprint density at radius 3 is 2.62 bits per heavy atom. The standard InChI is InChI=1S/C12H9F2NO/c13-7-3-8-11(16)5-10(6-1-2-6)15-12(8)9(14)4-7/h3-6H,1-2H2,(H,15,16). The van der Waals surface area contributed by atoms with E-state index in [0.717, 1.165) is 30.7 Å². The van der Waals surface area contributed by atoms with Crippen molar-refractivity contribution in [3.05, 3.63) is 45.8 Å². The van der Waals surface area contributed by atoms with Crippen molar-refractivity contribution in [2.75, 3.05) is 0 Å². The predicted molar refractivity (Wildman–Crippen MR) is 56.5 cm³/mol. The first-order chi connectivity index (χ1) is 7.65. The molecule has 3 rings (SSSR count). The number of aromatic amines is 1. The highest BCUT2D eigenvalue weighted by Gasteiger charge is 2.25. The molecule has 82 valence electrons. The van der Waals surface area contributed by atoms with Crippen LogP contribution in [0, 0.1) is 11.6 Å². The van der Waals surface area contributed by atoms with Gasteiger partial charge in [-0.05, 0) is 24.8 Å². The fraction of sp³-hybridized carbons (Fsp3) is 0.250. The fourth-order valence-electron chi connectivity index (χ4n) is 1.91. The second-order valence-electron chi connectivity index (χ2n) is 4.17. The summed E-state index contributed by atoms with van der Waals surface area (Å²) >= 11 is 0. The maximum atomic E-state index is 13.5. The van der Waals surface area contributed by atoms with Gasteiger partial charge < -0.3 is 4.98 Å². The molecule has 4 heteroatoms. The van der Waals surface area contributed by atoms with Crippen molar-refractivity contribution in [1.82, 2.24) is 4.98 Å². The van der Waals surface area contributed by atoms with Gasteiger partial charge in [-0.3, -0.25) is 4.79 Å². The summed E-state index contributed by atoms with van der Waals surface area (Å²) in [6.07, 6.45) is 2.04. The van der Waals surface area contributed by atoms with Crippen LogP contribution in [-0.2, 0) is 0 Å². The van der Waals surface area contributed by atoms with Gasteiger partial charge >= 0.3 is 0 Å². The van der Waals surface area contributed by atoms with Crippen LogP contribution >= 0.6 is 0 Å². The minimum absolute atomic E-state index is 0.0712. The molecule has 1 aliphatic rings. The number of aromatic nitrogens is 1. The van der Waals surface area contributed by atoms with Crippen LogP contribution in [0.5, 0.6) is 0 Å². The number of H-pyrrole nitrogens is 1. The summed E-state index contributed by atoms with van der Waals surface area (Å²) < 4.78 is 26.4. The zero-order chi connectivity index (χ0) is 11.3. The fourth-order valence-corrected chi connectivity index (χ4v) is 1.91. The number of benzene rings is 1. The van der Waals surface area contributed by atoms with Crippen molar-refractivity contribution in [2.24, 2.45) is 0 Å². The second kappa shape index (κ2) is 3.14. The zero-order valence-electron chi connectivity index (χ0n) is 8.39. The van der Waals surface area contributed by atoms with E-state index in [4.69, 9.17) is 0 Å². The summed E-state index contributed by atoms with van der Waals surface area (Å²) in [5.74, 6) is -1.11. The number of pyridine rings is 1. The van der Waals surface area contributed by atoms with Gasteiger partial charge in [-0.15, -0.1) is 0 Å². The van der Waals surface area contributed by atoms with E-state index in [1.54, 1.807) is 0 Å². The summed E-state index contributed by atoms with van der Waals surface area (Å²) in [5, 5.41) is 0.0712. The summed E-state index contributed by atoms with van der Waals surface area (Å²) in [6.45, 7) is 0. The average molecular weight is 221 g/mol. The van der Waals surface area contributed by atoms with Crippen molar-refractivity contribution in [3.8, 4) is 0 Å². The average Bonchev–Trinajstić information content (AvgIpc) is 3.02. The molecule has 0 bridgehead atoms. The Morgan fingerprint density at radius 2 is 1.94 bits per heavy atom. The topological polar surface area (TPSA) is 32.9 Å². The van der Waals surface area contributed by atoms with Gasteiger partial charge in [0.2, 0.25) is 0 Å². The molecular formula is C12H9F2NO. The Balaban J connectivity index is 2.37. The minimum Gasteiger partial charge on any atom is -0.356 e. The normalized spacial score (nSPS) is 15.6. The smallest absolute Gasteiger partial charge is 0.189 e.